The van der Waals surface area contributed by atoms with Crippen LogP contribution in [0.4, 0.5) is 0 Å². The molecule has 2 aromatic rings. The standard InChI is InChI=1S/C11H15N3/c1-13-7-10-5-8-3-2-4-9(6-12)11(8)14-10/h2-5,13-14H,6-7,12H2,1H3. The maximum absolute atomic E-state index is 5.66. The van der Waals surface area contributed by atoms with E-state index >= 15 is 0 Å². The molecular weight excluding hydrogens is 174 g/mol. The van der Waals surface area contributed by atoms with Crippen LogP contribution in [0.5, 0.6) is 0 Å². The number of nitrogens with two attached hydrogens (primary N) is 1. The van der Waals surface area contributed by atoms with Crippen LogP contribution in [0.2, 0.25) is 0 Å². The molecule has 0 unspecified atom stereocenters. The summed E-state index contributed by atoms with van der Waals surface area (Å²) in [6, 6.07) is 8.36. The summed E-state index contributed by atoms with van der Waals surface area (Å²) in [7, 11) is 1.94. The van der Waals surface area contributed by atoms with Gasteiger partial charge in [0.05, 0.1) is 5.52 Å². The van der Waals surface area contributed by atoms with Crippen molar-refractivity contribution >= 4 is 10.9 Å². The van der Waals surface area contributed by atoms with Gasteiger partial charge in [-0.1, -0.05) is 18.2 Å². The first-order valence-corrected chi connectivity index (χ1v) is 4.79. The Bertz CT molecular complexity index is 431. The molecule has 14 heavy (non-hydrogen) atoms. The van der Waals surface area contributed by atoms with E-state index in [-0.39, 0.29) is 0 Å². The van der Waals surface area contributed by atoms with E-state index < -0.39 is 0 Å². The summed E-state index contributed by atoms with van der Waals surface area (Å²) >= 11 is 0. The minimum absolute atomic E-state index is 0.580. The van der Waals surface area contributed by atoms with E-state index in [2.05, 4.69) is 28.5 Å². The fourth-order valence-corrected chi connectivity index (χ4v) is 1.73. The highest BCUT2D eigenvalue weighted by atomic mass is 14.9. The molecule has 74 valence electrons. The Hall–Kier alpha value is -1.32. The van der Waals surface area contributed by atoms with Crippen molar-refractivity contribution in [3.63, 3.8) is 0 Å². The van der Waals surface area contributed by atoms with Crippen LogP contribution in [0, 0.1) is 0 Å². The molecule has 0 aliphatic carbocycles. The molecule has 0 bridgehead atoms. The van der Waals surface area contributed by atoms with Crippen LogP contribution in [0.3, 0.4) is 0 Å². The fraction of sp³-hybridized carbons (Fsp3) is 0.273. The van der Waals surface area contributed by atoms with Crippen molar-refractivity contribution in [2.45, 2.75) is 13.1 Å². The number of H-pyrrole nitrogens is 1. The molecule has 0 radical (unpaired) electrons. The monoisotopic (exact) mass is 189 g/mol. The number of hydrogen-bond acceptors (Lipinski definition) is 2. The molecule has 1 aromatic heterocycles. The minimum atomic E-state index is 0.580. The van der Waals surface area contributed by atoms with Gasteiger partial charge < -0.3 is 16.0 Å². The fourth-order valence-electron chi connectivity index (χ4n) is 1.73. The van der Waals surface area contributed by atoms with E-state index in [4.69, 9.17) is 5.73 Å². The third-order valence-electron chi connectivity index (χ3n) is 2.39. The molecule has 0 spiro atoms. The first-order valence-electron chi connectivity index (χ1n) is 4.79. The molecule has 0 fully saturated rings. The van der Waals surface area contributed by atoms with E-state index in [0.29, 0.717) is 6.54 Å². The Morgan fingerprint density at radius 1 is 1.43 bits per heavy atom. The van der Waals surface area contributed by atoms with E-state index in [1.807, 2.05) is 13.1 Å². The number of nitrogens with one attached hydrogen (secondary N) is 2. The first kappa shape index (κ1) is 9.24. The SMILES string of the molecule is CNCc1cc2cccc(CN)c2[nH]1. The lowest BCUT2D eigenvalue weighted by Gasteiger charge is -1.98. The Kier molecular flexibility index (Phi) is 2.52. The zero-order chi connectivity index (χ0) is 9.97. The van der Waals surface area contributed by atoms with Crippen LogP contribution < -0.4 is 11.1 Å². The molecule has 3 nitrogen and oxygen atoms in total. The van der Waals surface area contributed by atoms with Gasteiger partial charge in [0.2, 0.25) is 0 Å². The van der Waals surface area contributed by atoms with Crippen molar-refractivity contribution in [3.8, 4) is 0 Å². The average molecular weight is 189 g/mol. The van der Waals surface area contributed by atoms with Gasteiger partial charge in [-0.05, 0) is 18.7 Å². The lowest BCUT2D eigenvalue weighted by Crippen LogP contribution is -2.04. The molecular formula is C11H15N3. The molecule has 0 amide bonds. The molecule has 0 saturated heterocycles. The normalized spacial score (nSPS) is 11.0. The predicted molar refractivity (Wildman–Crippen MR) is 59.0 cm³/mol. The lowest BCUT2D eigenvalue weighted by molar-refractivity contribution is 0.799. The largest absolute Gasteiger partial charge is 0.357 e. The number of aromatic nitrogens is 1. The second-order valence-electron chi connectivity index (χ2n) is 3.41. The second kappa shape index (κ2) is 3.82. The summed E-state index contributed by atoms with van der Waals surface area (Å²) in [4.78, 5) is 3.37. The van der Waals surface area contributed by atoms with Crippen molar-refractivity contribution in [1.82, 2.24) is 10.3 Å². The highest BCUT2D eigenvalue weighted by Gasteiger charge is 2.02. The second-order valence-corrected chi connectivity index (χ2v) is 3.41. The Morgan fingerprint density at radius 3 is 3.00 bits per heavy atom. The van der Waals surface area contributed by atoms with Gasteiger partial charge in [0, 0.05) is 24.2 Å². The highest BCUT2D eigenvalue weighted by Crippen LogP contribution is 2.18. The summed E-state index contributed by atoms with van der Waals surface area (Å²) in [6.07, 6.45) is 0. The van der Waals surface area contributed by atoms with E-state index in [1.165, 1.54) is 22.2 Å². The number of hydrogen-bond donors (Lipinski definition) is 3. The molecule has 0 atom stereocenters. The van der Waals surface area contributed by atoms with Gasteiger partial charge in [0.15, 0.2) is 0 Å². The molecule has 3 heteroatoms. The number of para-hydroxylation sites is 1. The predicted octanol–water partition coefficient (Wildman–Crippen LogP) is 1.35. The first-order chi connectivity index (χ1) is 6.85. The number of fused-ring (bicyclic) bond motifs is 1. The molecule has 2 rings (SSSR count). The topological polar surface area (TPSA) is 53.8 Å². The molecule has 0 saturated carbocycles. The van der Waals surface area contributed by atoms with Gasteiger partial charge in [0.25, 0.3) is 0 Å². The summed E-state index contributed by atoms with van der Waals surface area (Å²) < 4.78 is 0. The molecule has 4 N–H and O–H groups in total. The summed E-state index contributed by atoms with van der Waals surface area (Å²) in [5.74, 6) is 0. The Morgan fingerprint density at radius 2 is 2.29 bits per heavy atom. The third-order valence-corrected chi connectivity index (χ3v) is 2.39. The molecule has 0 aliphatic heterocycles. The van der Waals surface area contributed by atoms with Gasteiger partial charge in [-0.3, -0.25) is 0 Å². The quantitative estimate of drug-likeness (QED) is 0.682. The van der Waals surface area contributed by atoms with E-state index in [0.717, 1.165) is 6.54 Å². The summed E-state index contributed by atoms with van der Waals surface area (Å²) in [6.45, 7) is 1.44. The van der Waals surface area contributed by atoms with E-state index in [1.54, 1.807) is 0 Å². The summed E-state index contributed by atoms with van der Waals surface area (Å²) in [5, 5.41) is 4.35. The molecule has 1 heterocycles. The van der Waals surface area contributed by atoms with Crippen molar-refractivity contribution in [3.05, 3.63) is 35.5 Å². The summed E-state index contributed by atoms with van der Waals surface area (Å²) in [5.41, 5.74) is 9.20. The average Bonchev–Trinajstić information content (AvgIpc) is 2.60. The Balaban J connectivity index is 2.52. The van der Waals surface area contributed by atoms with Crippen LogP contribution in [0.15, 0.2) is 24.3 Å². The van der Waals surface area contributed by atoms with E-state index in [9.17, 15) is 0 Å². The van der Waals surface area contributed by atoms with Crippen LogP contribution in [-0.4, -0.2) is 12.0 Å². The van der Waals surface area contributed by atoms with Gasteiger partial charge in [-0.25, -0.2) is 0 Å². The zero-order valence-corrected chi connectivity index (χ0v) is 8.30. The van der Waals surface area contributed by atoms with Gasteiger partial charge in [0.1, 0.15) is 0 Å². The smallest absolute Gasteiger partial charge is 0.0501 e. The van der Waals surface area contributed by atoms with Crippen LogP contribution in [0.1, 0.15) is 11.3 Å². The lowest BCUT2D eigenvalue weighted by atomic mass is 10.1. The van der Waals surface area contributed by atoms with Crippen LogP contribution >= 0.6 is 0 Å². The van der Waals surface area contributed by atoms with Gasteiger partial charge >= 0.3 is 0 Å². The van der Waals surface area contributed by atoms with Crippen molar-refractivity contribution in [2.75, 3.05) is 7.05 Å². The highest BCUT2D eigenvalue weighted by molar-refractivity contribution is 5.83. The molecule has 0 aliphatic rings. The third kappa shape index (κ3) is 1.52. The van der Waals surface area contributed by atoms with Gasteiger partial charge in [-0.2, -0.15) is 0 Å². The number of benzene rings is 1. The van der Waals surface area contributed by atoms with Crippen molar-refractivity contribution in [1.29, 1.82) is 0 Å². The van der Waals surface area contributed by atoms with Crippen LogP contribution in [-0.2, 0) is 13.1 Å². The Labute approximate surface area is 83.3 Å². The molecule has 1 aromatic carbocycles. The number of aromatic amines is 1. The zero-order valence-electron chi connectivity index (χ0n) is 8.30. The van der Waals surface area contributed by atoms with Gasteiger partial charge in [-0.15, -0.1) is 0 Å². The van der Waals surface area contributed by atoms with Crippen LogP contribution in [0.25, 0.3) is 10.9 Å². The maximum Gasteiger partial charge on any atom is 0.0501 e. The number of rotatable bonds is 3. The van der Waals surface area contributed by atoms with Crippen molar-refractivity contribution in [2.24, 2.45) is 5.73 Å². The maximum atomic E-state index is 5.66. The minimum Gasteiger partial charge on any atom is -0.357 e. The van der Waals surface area contributed by atoms with Crippen molar-refractivity contribution < 1.29 is 0 Å².